The minimum Gasteiger partial charge on any atom is -0.387 e. The SMILES string of the molecule is CC(C)(C)C1=CC2N=C(N)C(C)(C)C2C=C1. The maximum atomic E-state index is 6.01. The van der Waals surface area contributed by atoms with Gasteiger partial charge in [-0.3, -0.25) is 4.99 Å². The van der Waals surface area contributed by atoms with Gasteiger partial charge in [-0.05, 0) is 11.0 Å². The van der Waals surface area contributed by atoms with Gasteiger partial charge in [0.15, 0.2) is 0 Å². The van der Waals surface area contributed by atoms with Gasteiger partial charge < -0.3 is 5.73 Å². The monoisotopic (exact) mass is 218 g/mol. The molecule has 1 aliphatic heterocycles. The minimum absolute atomic E-state index is 0.00107. The van der Waals surface area contributed by atoms with Crippen molar-refractivity contribution >= 4 is 5.84 Å². The number of fused-ring (bicyclic) bond motifs is 1. The van der Waals surface area contributed by atoms with Gasteiger partial charge in [-0.2, -0.15) is 0 Å². The van der Waals surface area contributed by atoms with Gasteiger partial charge in [0.05, 0.1) is 6.04 Å². The van der Waals surface area contributed by atoms with E-state index < -0.39 is 0 Å². The fraction of sp³-hybridized carbons (Fsp3) is 0.643. The van der Waals surface area contributed by atoms with Crippen LogP contribution in [0.2, 0.25) is 0 Å². The molecule has 0 amide bonds. The maximum Gasteiger partial charge on any atom is 0.101 e. The van der Waals surface area contributed by atoms with Crippen molar-refractivity contribution in [2.24, 2.45) is 27.5 Å². The molecule has 0 bridgehead atoms. The Kier molecular flexibility index (Phi) is 2.30. The zero-order chi connectivity index (χ0) is 12.1. The van der Waals surface area contributed by atoms with Crippen molar-refractivity contribution in [2.75, 3.05) is 0 Å². The summed E-state index contributed by atoms with van der Waals surface area (Å²) >= 11 is 0. The highest BCUT2D eigenvalue weighted by molar-refractivity contribution is 5.89. The topological polar surface area (TPSA) is 38.4 Å². The Morgan fingerprint density at radius 2 is 1.94 bits per heavy atom. The van der Waals surface area contributed by atoms with Crippen molar-refractivity contribution in [3.63, 3.8) is 0 Å². The third-order valence-electron chi connectivity index (χ3n) is 3.85. The predicted octanol–water partition coefficient (Wildman–Crippen LogP) is 2.91. The van der Waals surface area contributed by atoms with Crippen LogP contribution in [0.3, 0.4) is 0 Å². The predicted molar refractivity (Wildman–Crippen MR) is 69.4 cm³/mol. The summed E-state index contributed by atoms with van der Waals surface area (Å²) in [6.07, 6.45) is 6.82. The molecule has 16 heavy (non-hydrogen) atoms. The molecule has 2 nitrogen and oxygen atoms in total. The van der Waals surface area contributed by atoms with Crippen LogP contribution in [0.4, 0.5) is 0 Å². The van der Waals surface area contributed by atoms with E-state index in [0.717, 1.165) is 5.84 Å². The lowest BCUT2D eigenvalue weighted by Gasteiger charge is -2.31. The van der Waals surface area contributed by atoms with Crippen LogP contribution in [-0.4, -0.2) is 11.9 Å². The molecule has 2 rings (SSSR count). The highest BCUT2D eigenvalue weighted by atomic mass is 15.0. The van der Waals surface area contributed by atoms with Gasteiger partial charge in [-0.25, -0.2) is 0 Å². The number of amidine groups is 1. The Morgan fingerprint density at radius 1 is 1.31 bits per heavy atom. The zero-order valence-electron chi connectivity index (χ0n) is 10.9. The largest absolute Gasteiger partial charge is 0.387 e. The standard InChI is InChI=1S/C14H22N2/c1-13(2,3)9-6-7-10-11(8-9)16-12(15)14(10,4)5/h6-8,10-11H,1-5H3,(H2,15,16). The molecule has 0 aromatic heterocycles. The number of aliphatic imine (C=N–C) groups is 1. The van der Waals surface area contributed by atoms with E-state index in [1.54, 1.807) is 0 Å². The molecule has 0 fully saturated rings. The average molecular weight is 218 g/mol. The van der Waals surface area contributed by atoms with Gasteiger partial charge in [0.1, 0.15) is 5.84 Å². The summed E-state index contributed by atoms with van der Waals surface area (Å²) in [7, 11) is 0. The molecule has 0 aromatic carbocycles. The van der Waals surface area contributed by atoms with Crippen LogP contribution in [0.15, 0.2) is 28.8 Å². The van der Waals surface area contributed by atoms with Crippen molar-refractivity contribution in [1.29, 1.82) is 0 Å². The molecular weight excluding hydrogens is 196 g/mol. The molecule has 1 aliphatic carbocycles. The summed E-state index contributed by atoms with van der Waals surface area (Å²) in [6.45, 7) is 11.1. The molecule has 2 N–H and O–H groups in total. The molecule has 88 valence electrons. The Bertz CT molecular complexity index is 391. The summed E-state index contributed by atoms with van der Waals surface area (Å²) in [5, 5.41) is 0. The third-order valence-corrected chi connectivity index (χ3v) is 3.85. The van der Waals surface area contributed by atoms with E-state index in [-0.39, 0.29) is 16.9 Å². The molecular formula is C14H22N2. The van der Waals surface area contributed by atoms with Crippen molar-refractivity contribution in [3.8, 4) is 0 Å². The van der Waals surface area contributed by atoms with E-state index in [1.165, 1.54) is 5.57 Å². The average Bonchev–Trinajstić information content (AvgIpc) is 2.36. The second kappa shape index (κ2) is 3.22. The highest BCUT2D eigenvalue weighted by Gasteiger charge is 2.43. The molecule has 0 saturated carbocycles. The lowest BCUT2D eigenvalue weighted by molar-refractivity contribution is 0.372. The first-order chi connectivity index (χ1) is 7.23. The Morgan fingerprint density at radius 3 is 2.50 bits per heavy atom. The highest BCUT2D eigenvalue weighted by Crippen LogP contribution is 2.43. The molecule has 2 unspecified atom stereocenters. The first kappa shape index (κ1) is 11.4. The lowest BCUT2D eigenvalue weighted by atomic mass is 9.72. The van der Waals surface area contributed by atoms with E-state index in [2.05, 4.69) is 57.8 Å². The van der Waals surface area contributed by atoms with Gasteiger partial charge >= 0.3 is 0 Å². The molecule has 0 aromatic rings. The maximum absolute atomic E-state index is 6.01. The molecule has 2 aliphatic rings. The lowest BCUT2D eigenvalue weighted by Crippen LogP contribution is -2.35. The second-order valence-electron chi connectivity index (χ2n) is 6.48. The van der Waals surface area contributed by atoms with Crippen LogP contribution < -0.4 is 5.73 Å². The van der Waals surface area contributed by atoms with Gasteiger partial charge in [0.2, 0.25) is 0 Å². The third kappa shape index (κ3) is 1.60. The molecule has 2 atom stereocenters. The van der Waals surface area contributed by atoms with Crippen molar-refractivity contribution in [2.45, 2.75) is 40.7 Å². The number of nitrogens with two attached hydrogens (primary N) is 1. The molecule has 1 heterocycles. The first-order valence-electron chi connectivity index (χ1n) is 5.97. The minimum atomic E-state index is 0.00107. The summed E-state index contributed by atoms with van der Waals surface area (Å²) in [5.41, 5.74) is 7.57. The van der Waals surface area contributed by atoms with Crippen molar-refractivity contribution in [3.05, 3.63) is 23.8 Å². The molecule has 2 heteroatoms. The van der Waals surface area contributed by atoms with Crippen LogP contribution in [0.5, 0.6) is 0 Å². The fourth-order valence-corrected chi connectivity index (χ4v) is 2.45. The number of allylic oxidation sites excluding steroid dienone is 2. The van der Waals surface area contributed by atoms with E-state index in [9.17, 15) is 0 Å². The Hall–Kier alpha value is -1.05. The van der Waals surface area contributed by atoms with Gasteiger partial charge in [0, 0.05) is 11.3 Å². The molecule has 0 spiro atoms. The first-order valence-corrected chi connectivity index (χ1v) is 5.97. The Labute approximate surface area is 98.3 Å². The molecule has 0 radical (unpaired) electrons. The van der Waals surface area contributed by atoms with E-state index in [0.29, 0.717) is 5.92 Å². The van der Waals surface area contributed by atoms with Crippen LogP contribution in [-0.2, 0) is 0 Å². The summed E-state index contributed by atoms with van der Waals surface area (Å²) in [5.74, 6) is 1.22. The van der Waals surface area contributed by atoms with Crippen LogP contribution >= 0.6 is 0 Å². The number of hydrogen-bond donors (Lipinski definition) is 1. The second-order valence-corrected chi connectivity index (χ2v) is 6.48. The summed E-state index contributed by atoms with van der Waals surface area (Å²) in [6, 6.07) is 0.245. The quantitative estimate of drug-likeness (QED) is 0.667. The normalized spacial score (nSPS) is 32.1. The van der Waals surface area contributed by atoms with Gasteiger partial charge in [-0.15, -0.1) is 0 Å². The Balaban J connectivity index is 2.35. The van der Waals surface area contributed by atoms with Crippen LogP contribution in [0.25, 0.3) is 0 Å². The van der Waals surface area contributed by atoms with E-state index in [1.807, 2.05) is 0 Å². The smallest absolute Gasteiger partial charge is 0.101 e. The fourth-order valence-electron chi connectivity index (χ4n) is 2.45. The van der Waals surface area contributed by atoms with E-state index >= 15 is 0 Å². The zero-order valence-corrected chi connectivity index (χ0v) is 10.9. The van der Waals surface area contributed by atoms with E-state index in [4.69, 9.17) is 5.73 Å². The number of nitrogens with zero attached hydrogens (tertiary/aromatic N) is 1. The van der Waals surface area contributed by atoms with Gasteiger partial charge in [-0.1, -0.05) is 52.8 Å². The van der Waals surface area contributed by atoms with Crippen molar-refractivity contribution < 1.29 is 0 Å². The molecule has 0 saturated heterocycles. The van der Waals surface area contributed by atoms with Crippen LogP contribution in [0, 0.1) is 16.7 Å². The van der Waals surface area contributed by atoms with Crippen LogP contribution in [0.1, 0.15) is 34.6 Å². The van der Waals surface area contributed by atoms with Crippen molar-refractivity contribution in [1.82, 2.24) is 0 Å². The number of rotatable bonds is 0. The summed E-state index contributed by atoms with van der Waals surface area (Å²) in [4.78, 5) is 4.59. The summed E-state index contributed by atoms with van der Waals surface area (Å²) < 4.78 is 0. The number of hydrogen-bond acceptors (Lipinski definition) is 2. The van der Waals surface area contributed by atoms with Gasteiger partial charge in [0.25, 0.3) is 0 Å².